The number of aryl methyl sites for hydroxylation is 2. The summed E-state index contributed by atoms with van der Waals surface area (Å²) in [4.78, 5) is 24.8. The van der Waals surface area contributed by atoms with Gasteiger partial charge in [0.1, 0.15) is 5.82 Å². The van der Waals surface area contributed by atoms with Crippen molar-refractivity contribution in [3.63, 3.8) is 0 Å². The minimum absolute atomic E-state index is 0.0282. The molecule has 3 rings (SSSR count). The number of carbonyl (C=O) groups is 2. The van der Waals surface area contributed by atoms with Gasteiger partial charge >= 0.3 is 0 Å². The van der Waals surface area contributed by atoms with Gasteiger partial charge < -0.3 is 15.2 Å². The summed E-state index contributed by atoms with van der Waals surface area (Å²) in [6.45, 7) is 8.21. The standard InChI is InChI=1S/C23H26FN5O2S/c1-5-29-21(16(4)25-22(31)18-8-6-7-9-19(18)24)27-28-23(29)32-13-20(30)26-17-11-14(2)10-15(3)12-17/h6-12,16H,5,13H2,1-4H3,(H,25,31)(H,26,30)/t16-/m0/s1. The highest BCUT2D eigenvalue weighted by molar-refractivity contribution is 7.99. The van der Waals surface area contributed by atoms with Crippen molar-refractivity contribution in [1.29, 1.82) is 0 Å². The van der Waals surface area contributed by atoms with Crippen molar-refractivity contribution in [3.05, 3.63) is 70.8 Å². The van der Waals surface area contributed by atoms with E-state index in [1.807, 2.05) is 43.5 Å². The number of carbonyl (C=O) groups excluding carboxylic acids is 2. The van der Waals surface area contributed by atoms with Crippen molar-refractivity contribution in [2.24, 2.45) is 0 Å². The van der Waals surface area contributed by atoms with E-state index in [0.717, 1.165) is 16.8 Å². The number of benzene rings is 2. The summed E-state index contributed by atoms with van der Waals surface area (Å²) < 4.78 is 15.7. The van der Waals surface area contributed by atoms with Crippen LogP contribution in [0.4, 0.5) is 10.1 Å². The molecule has 1 aromatic heterocycles. The van der Waals surface area contributed by atoms with Gasteiger partial charge in [-0.2, -0.15) is 0 Å². The number of nitrogens with zero attached hydrogens (tertiary/aromatic N) is 3. The van der Waals surface area contributed by atoms with Crippen LogP contribution in [0.2, 0.25) is 0 Å². The Bertz CT molecular complexity index is 1110. The van der Waals surface area contributed by atoms with E-state index in [9.17, 15) is 14.0 Å². The lowest BCUT2D eigenvalue weighted by Gasteiger charge is -2.15. The van der Waals surface area contributed by atoms with Crippen molar-refractivity contribution in [1.82, 2.24) is 20.1 Å². The highest BCUT2D eigenvalue weighted by atomic mass is 32.2. The van der Waals surface area contributed by atoms with Crippen LogP contribution in [0.1, 0.15) is 47.2 Å². The quantitative estimate of drug-likeness (QED) is 0.495. The molecule has 3 aromatic rings. The fourth-order valence-electron chi connectivity index (χ4n) is 3.38. The van der Waals surface area contributed by atoms with Crippen LogP contribution >= 0.6 is 11.8 Å². The van der Waals surface area contributed by atoms with Crippen LogP contribution in [0.5, 0.6) is 0 Å². The van der Waals surface area contributed by atoms with Crippen LogP contribution in [-0.4, -0.2) is 32.3 Å². The number of hydrogen-bond donors (Lipinski definition) is 2. The molecule has 0 spiro atoms. The average Bonchev–Trinajstić information content (AvgIpc) is 3.14. The van der Waals surface area contributed by atoms with Gasteiger partial charge in [0.15, 0.2) is 11.0 Å². The molecule has 2 amide bonds. The number of thioether (sulfide) groups is 1. The van der Waals surface area contributed by atoms with Gasteiger partial charge in [-0.3, -0.25) is 9.59 Å². The second-order valence-electron chi connectivity index (χ2n) is 7.47. The zero-order valence-electron chi connectivity index (χ0n) is 18.5. The molecule has 0 fully saturated rings. The Kier molecular flexibility index (Phi) is 7.63. The molecular weight excluding hydrogens is 429 g/mol. The highest BCUT2D eigenvalue weighted by Gasteiger charge is 2.21. The summed E-state index contributed by atoms with van der Waals surface area (Å²) in [6, 6.07) is 11.2. The molecule has 2 N–H and O–H groups in total. The Hall–Kier alpha value is -3.20. The Morgan fingerprint density at radius 1 is 1.12 bits per heavy atom. The van der Waals surface area contributed by atoms with Gasteiger partial charge in [0.25, 0.3) is 5.91 Å². The van der Waals surface area contributed by atoms with E-state index in [1.165, 1.54) is 30.0 Å². The molecule has 0 unspecified atom stereocenters. The minimum Gasteiger partial charge on any atom is -0.342 e. The van der Waals surface area contributed by atoms with Crippen LogP contribution < -0.4 is 10.6 Å². The van der Waals surface area contributed by atoms with Gasteiger partial charge in [-0.05, 0) is 63.1 Å². The molecule has 9 heteroatoms. The third-order valence-corrected chi connectivity index (χ3v) is 5.72. The molecule has 1 atom stereocenters. The Balaban J connectivity index is 1.64. The summed E-state index contributed by atoms with van der Waals surface area (Å²) in [5.74, 6) is -0.549. The van der Waals surface area contributed by atoms with Gasteiger partial charge in [0, 0.05) is 12.2 Å². The molecule has 0 saturated heterocycles. The molecule has 0 aliphatic carbocycles. The predicted octanol–water partition coefficient (Wildman–Crippen LogP) is 4.28. The van der Waals surface area contributed by atoms with Crippen LogP contribution in [0, 0.1) is 19.7 Å². The minimum atomic E-state index is -0.583. The molecule has 168 valence electrons. The number of hydrogen-bond acceptors (Lipinski definition) is 5. The zero-order chi connectivity index (χ0) is 23.3. The summed E-state index contributed by atoms with van der Waals surface area (Å²) in [5, 5.41) is 14.6. The van der Waals surface area contributed by atoms with E-state index in [1.54, 1.807) is 13.0 Å². The molecule has 0 aliphatic heterocycles. The second kappa shape index (κ2) is 10.4. The van der Waals surface area contributed by atoms with Crippen molar-refractivity contribution in [2.45, 2.75) is 45.4 Å². The normalized spacial score (nSPS) is 11.8. The first kappa shape index (κ1) is 23.5. The second-order valence-corrected chi connectivity index (χ2v) is 8.42. The first-order valence-corrected chi connectivity index (χ1v) is 11.3. The average molecular weight is 456 g/mol. The molecular formula is C23H26FN5O2S. The maximum absolute atomic E-state index is 13.9. The third-order valence-electron chi connectivity index (χ3n) is 4.75. The number of aromatic nitrogens is 3. The first-order chi connectivity index (χ1) is 15.3. The monoisotopic (exact) mass is 455 g/mol. The lowest BCUT2D eigenvalue weighted by molar-refractivity contribution is -0.113. The van der Waals surface area contributed by atoms with Crippen LogP contribution in [0.3, 0.4) is 0 Å². The largest absolute Gasteiger partial charge is 0.342 e. The van der Waals surface area contributed by atoms with Crippen molar-refractivity contribution in [2.75, 3.05) is 11.1 Å². The van der Waals surface area contributed by atoms with E-state index >= 15 is 0 Å². The summed E-state index contributed by atoms with van der Waals surface area (Å²) >= 11 is 1.27. The Labute approximate surface area is 190 Å². The number of anilines is 1. The van der Waals surface area contributed by atoms with Gasteiger partial charge in [-0.15, -0.1) is 10.2 Å². The molecule has 7 nitrogen and oxygen atoms in total. The van der Waals surface area contributed by atoms with E-state index in [0.29, 0.717) is 17.5 Å². The van der Waals surface area contributed by atoms with Crippen LogP contribution in [-0.2, 0) is 11.3 Å². The van der Waals surface area contributed by atoms with Crippen LogP contribution in [0.15, 0.2) is 47.6 Å². The van der Waals surface area contributed by atoms with Gasteiger partial charge in [0.05, 0.1) is 17.4 Å². The summed E-state index contributed by atoms with van der Waals surface area (Å²) in [5.41, 5.74) is 2.89. The number of halogens is 1. The molecule has 0 aliphatic rings. The topological polar surface area (TPSA) is 88.9 Å². The molecule has 32 heavy (non-hydrogen) atoms. The maximum atomic E-state index is 13.9. The summed E-state index contributed by atoms with van der Waals surface area (Å²) in [6.07, 6.45) is 0. The van der Waals surface area contributed by atoms with Gasteiger partial charge in [0.2, 0.25) is 5.91 Å². The highest BCUT2D eigenvalue weighted by Crippen LogP contribution is 2.22. The predicted molar refractivity (Wildman–Crippen MR) is 123 cm³/mol. The van der Waals surface area contributed by atoms with E-state index in [4.69, 9.17) is 0 Å². The molecule has 0 bridgehead atoms. The Morgan fingerprint density at radius 3 is 2.47 bits per heavy atom. The Morgan fingerprint density at radius 2 is 1.81 bits per heavy atom. The maximum Gasteiger partial charge on any atom is 0.254 e. The van der Waals surface area contributed by atoms with Crippen molar-refractivity contribution >= 4 is 29.3 Å². The van der Waals surface area contributed by atoms with Crippen molar-refractivity contribution < 1.29 is 14.0 Å². The number of rotatable bonds is 8. The lowest BCUT2D eigenvalue weighted by Crippen LogP contribution is -2.29. The van der Waals surface area contributed by atoms with Gasteiger partial charge in [-0.1, -0.05) is 30.0 Å². The first-order valence-electron chi connectivity index (χ1n) is 10.3. The van der Waals surface area contributed by atoms with Crippen LogP contribution in [0.25, 0.3) is 0 Å². The fourth-order valence-corrected chi connectivity index (χ4v) is 4.19. The van der Waals surface area contributed by atoms with E-state index in [-0.39, 0.29) is 17.2 Å². The zero-order valence-corrected chi connectivity index (χ0v) is 19.3. The fraction of sp³-hybridized carbons (Fsp3) is 0.304. The van der Waals surface area contributed by atoms with E-state index < -0.39 is 17.8 Å². The lowest BCUT2D eigenvalue weighted by atomic mass is 10.1. The third kappa shape index (κ3) is 5.73. The molecule has 2 aromatic carbocycles. The van der Waals surface area contributed by atoms with Crippen molar-refractivity contribution in [3.8, 4) is 0 Å². The smallest absolute Gasteiger partial charge is 0.254 e. The van der Waals surface area contributed by atoms with E-state index in [2.05, 4.69) is 20.8 Å². The molecule has 0 saturated carbocycles. The molecule has 1 heterocycles. The number of nitrogens with one attached hydrogen (secondary N) is 2. The molecule has 0 radical (unpaired) electrons. The van der Waals surface area contributed by atoms with Gasteiger partial charge in [-0.25, -0.2) is 4.39 Å². The summed E-state index contributed by atoms with van der Waals surface area (Å²) in [7, 11) is 0. The SMILES string of the molecule is CCn1c(SCC(=O)Nc2cc(C)cc(C)c2)nnc1[C@H](C)NC(=O)c1ccccc1F. The number of amides is 2.